The van der Waals surface area contributed by atoms with Gasteiger partial charge in [0, 0.05) is 44.5 Å². The van der Waals surface area contributed by atoms with Crippen LogP contribution in [0.2, 0.25) is 13.3 Å². The van der Waals surface area contributed by atoms with Crippen LogP contribution in [0.3, 0.4) is 0 Å². The Morgan fingerprint density at radius 2 is 1.16 bits per heavy atom. The van der Waals surface area contributed by atoms with Gasteiger partial charge in [0.25, 0.3) is 0 Å². The van der Waals surface area contributed by atoms with Crippen molar-refractivity contribution in [2.75, 3.05) is 59.7 Å². The number of hydrogen-bond donors (Lipinski definition) is 3. The van der Waals surface area contributed by atoms with Gasteiger partial charge in [-0.15, -0.1) is 0 Å². The number of likely N-dealkylation sites (tertiary alicyclic amines) is 2. The number of carbonyl (C=O) groups is 2. The van der Waals surface area contributed by atoms with Crippen molar-refractivity contribution in [3.8, 4) is 0 Å². The molecule has 4 saturated heterocycles. The van der Waals surface area contributed by atoms with Gasteiger partial charge in [-0.25, -0.2) is 18.7 Å². The topological polar surface area (TPSA) is 152 Å². The Balaban J connectivity index is 0.000000191. The van der Waals surface area contributed by atoms with E-state index in [9.17, 15) is 19.1 Å². The van der Waals surface area contributed by atoms with Gasteiger partial charge in [0.2, 0.25) is 0 Å². The molecule has 0 bridgehead atoms. The zero-order chi connectivity index (χ0) is 51.9. The smallest absolute Gasteiger partial charge is 0.321 e. The van der Waals surface area contributed by atoms with Crippen LogP contribution in [0.15, 0.2) is 73.3 Å². The quantitative estimate of drug-likeness (QED) is 0.0805. The molecule has 4 aliphatic heterocycles. The number of β-amino-alcohol motifs (C(OH)–C–C–N with tert-alkyl or cyclic N) is 1. The molecule has 4 aliphatic rings. The number of unbranched alkanes of at least 4 members (excludes halogenated alkanes) is 3. The molecule has 15 nitrogen and oxygen atoms in total. The van der Waals surface area contributed by atoms with Crippen LogP contribution >= 0.6 is 0 Å². The molecule has 0 radical (unpaired) electrons. The Morgan fingerprint density at radius 3 is 1.65 bits per heavy atom. The molecule has 10 rings (SSSR count). The predicted octanol–water partition coefficient (Wildman–Crippen LogP) is 11.3. The summed E-state index contributed by atoms with van der Waals surface area (Å²) in [5.41, 5.74) is 4.83. The van der Waals surface area contributed by atoms with Gasteiger partial charge in [-0.05, 0) is 50.7 Å². The van der Waals surface area contributed by atoms with E-state index in [1.165, 1.54) is 55.4 Å². The van der Waals surface area contributed by atoms with Gasteiger partial charge in [-0.3, -0.25) is 0 Å². The van der Waals surface area contributed by atoms with E-state index in [0.717, 1.165) is 81.0 Å². The molecule has 4 amide bonds. The molecular formula is C56H76F2N12O3Sn. The molecule has 6 aromatic rings. The minimum absolute atomic E-state index is 0.0538. The first-order valence-corrected chi connectivity index (χ1v) is 34.9. The molecule has 0 spiro atoms. The average Bonchev–Trinajstić information content (AvgIpc) is 4.29. The number of benzene rings is 2. The number of anilines is 4. The second-order valence-electron chi connectivity index (χ2n) is 21.4. The number of amides is 4. The number of halogens is 2. The monoisotopic (exact) mass is 1120 g/mol. The molecule has 396 valence electrons. The van der Waals surface area contributed by atoms with Crippen LogP contribution in [0.1, 0.15) is 134 Å². The summed E-state index contributed by atoms with van der Waals surface area (Å²) in [5, 5.41) is 24.4. The Bertz CT molecular complexity index is 2870. The molecule has 0 saturated carbocycles. The average molecular weight is 1120 g/mol. The van der Waals surface area contributed by atoms with Crippen molar-refractivity contribution in [3.63, 3.8) is 0 Å². The number of carbonyl (C=O) groups excluding carboxylic acids is 2. The maximum atomic E-state index is 15.7. The van der Waals surface area contributed by atoms with Gasteiger partial charge in [-0.1, -0.05) is 24.6 Å². The normalized spacial score (nSPS) is 20.0. The molecule has 8 heterocycles. The van der Waals surface area contributed by atoms with Crippen LogP contribution in [-0.4, -0.2) is 120 Å². The van der Waals surface area contributed by atoms with E-state index in [1.807, 2.05) is 42.4 Å². The van der Waals surface area contributed by atoms with E-state index < -0.39 is 24.5 Å². The Kier molecular flexibility index (Phi) is 17.3. The number of aliphatic hydroxyl groups excluding tert-OH is 1. The van der Waals surface area contributed by atoms with E-state index in [2.05, 4.69) is 70.5 Å². The van der Waals surface area contributed by atoms with Crippen molar-refractivity contribution >= 4 is 68.3 Å². The number of rotatable bonds is 16. The number of nitrogens with zero attached hydrogens (tertiary/aromatic N) is 10. The maximum absolute atomic E-state index is 15.7. The third-order valence-corrected chi connectivity index (χ3v) is 31.6. The van der Waals surface area contributed by atoms with Crippen LogP contribution < -0.4 is 24.0 Å². The van der Waals surface area contributed by atoms with Gasteiger partial charge in [-0.2, -0.15) is 5.10 Å². The van der Waals surface area contributed by atoms with E-state index >= 15 is 4.39 Å². The molecule has 4 aromatic heterocycles. The molecule has 2 aromatic carbocycles. The van der Waals surface area contributed by atoms with Gasteiger partial charge < -0.3 is 20.2 Å². The summed E-state index contributed by atoms with van der Waals surface area (Å²) < 4.78 is 39.2. The molecule has 3 N–H and O–H groups in total. The SMILES string of the molecule is CCC[CH2][Sn]([CH2]CCC)([CH2]CCC)[c]1ccc(F)c([C@H]2CCCN2c2ccn3ncc(NC(=O)N4CC[C@H](O)C4)c3n2)c1.Cc1ccc(F)c([C@H]2CCCN2c2ccn3ncc(NC(=O)N4CC[C@H](C)C4)c3n2)c1. The van der Waals surface area contributed by atoms with Crippen molar-refractivity contribution in [2.24, 2.45) is 5.92 Å². The van der Waals surface area contributed by atoms with Crippen molar-refractivity contribution < 1.29 is 23.5 Å². The fourth-order valence-electron chi connectivity index (χ4n) is 11.8. The number of urea groups is 2. The van der Waals surface area contributed by atoms with E-state index in [1.54, 1.807) is 44.5 Å². The molecule has 4 fully saturated rings. The van der Waals surface area contributed by atoms with Crippen LogP contribution in [0.25, 0.3) is 11.3 Å². The van der Waals surface area contributed by atoms with E-state index in [4.69, 9.17) is 9.97 Å². The number of aliphatic hydroxyl groups is 1. The maximum Gasteiger partial charge on any atom is 0.321 e. The van der Waals surface area contributed by atoms with Gasteiger partial charge in [0.15, 0.2) is 5.65 Å². The van der Waals surface area contributed by atoms with Crippen LogP contribution in [0, 0.1) is 24.5 Å². The number of hydrogen-bond acceptors (Lipinski definition) is 9. The molecule has 74 heavy (non-hydrogen) atoms. The summed E-state index contributed by atoms with van der Waals surface area (Å²) in [6, 6.07) is 14.8. The van der Waals surface area contributed by atoms with Crippen molar-refractivity contribution in [3.05, 3.63) is 102 Å². The molecular weight excluding hydrogens is 1050 g/mol. The molecule has 0 aliphatic carbocycles. The molecule has 18 heteroatoms. The third kappa shape index (κ3) is 11.8. The molecule has 0 unspecified atom stereocenters. The number of fused-ring (bicyclic) bond motifs is 2. The third-order valence-electron chi connectivity index (χ3n) is 16.0. The number of nitrogens with one attached hydrogen (secondary N) is 2. The van der Waals surface area contributed by atoms with Crippen molar-refractivity contribution in [2.45, 2.75) is 143 Å². The summed E-state index contributed by atoms with van der Waals surface area (Å²) in [5.74, 6) is 1.76. The first kappa shape index (κ1) is 53.3. The Labute approximate surface area is 439 Å². The van der Waals surface area contributed by atoms with Crippen molar-refractivity contribution in [1.82, 2.24) is 39.0 Å². The van der Waals surface area contributed by atoms with Gasteiger partial charge in [0.05, 0.1) is 18.3 Å². The Hall–Kier alpha value is -5.56. The zero-order valence-corrected chi connectivity index (χ0v) is 46.9. The predicted molar refractivity (Wildman–Crippen MR) is 292 cm³/mol. The van der Waals surface area contributed by atoms with Gasteiger partial charge in [0.1, 0.15) is 17.3 Å². The standard InChI is InChI=1S/C23H27FN6O.C21H22FN6O2.3C4H9.Sn/c1-15-5-6-18(24)17(12-15)20-4-3-9-29(20)21-8-11-30-22(27-21)19(13-25-30)26-23(31)28-10-7-16(2)14-28;22-16-5-2-1-4-15(16)18-6-3-9-27(18)19-8-11-28-20(25-19)17(12-23-28)24-21(30)26-10-7-14(29)13-26;3*1-3-4-2;/h5-6,8,11-13,16,20H,3-4,7,9-10,14H2,1-2H3,(H,26,31);2,4-5,8,11-12,14,18,29H,3,6-7,9-10,13H2,(H,24,30);3*1,3-4H2,2H3;/t16-,20+;14-,18+;;;;/m00..../s1. The zero-order valence-electron chi connectivity index (χ0n) is 44.1. The largest absolute Gasteiger partial charge is 0.349 e. The first-order chi connectivity index (χ1) is 35.9. The second kappa shape index (κ2) is 24.0. The summed E-state index contributed by atoms with van der Waals surface area (Å²) in [4.78, 5) is 43.0. The number of aryl methyl sites for hydroxylation is 1. The fraction of sp³-hybridized carbons (Fsp3) is 0.536. The summed E-state index contributed by atoms with van der Waals surface area (Å²) in [6.07, 6.45) is 19.2. The van der Waals surface area contributed by atoms with E-state index in [-0.39, 0.29) is 35.8 Å². The van der Waals surface area contributed by atoms with Crippen molar-refractivity contribution in [1.29, 1.82) is 0 Å². The minimum Gasteiger partial charge on any atom is -0.349 e. The Morgan fingerprint density at radius 1 is 0.662 bits per heavy atom. The molecule has 4 atom stereocenters. The summed E-state index contributed by atoms with van der Waals surface area (Å²) in [6.45, 7) is 15.0. The number of aromatic nitrogens is 6. The van der Waals surface area contributed by atoms with Crippen LogP contribution in [-0.2, 0) is 0 Å². The van der Waals surface area contributed by atoms with E-state index in [0.29, 0.717) is 53.7 Å². The van der Waals surface area contributed by atoms with Crippen LogP contribution in [0.4, 0.5) is 41.4 Å². The first-order valence-electron chi connectivity index (χ1n) is 27.5. The second-order valence-corrected chi connectivity index (χ2v) is 34.6. The van der Waals surface area contributed by atoms with Crippen LogP contribution in [0.5, 0.6) is 0 Å². The minimum atomic E-state index is -2.73. The summed E-state index contributed by atoms with van der Waals surface area (Å²) in [7, 11) is 0. The fourth-order valence-corrected chi connectivity index (χ4v) is 27.8. The van der Waals surface area contributed by atoms with Gasteiger partial charge >= 0.3 is 236 Å². The summed E-state index contributed by atoms with van der Waals surface area (Å²) >= 11 is -2.73.